The van der Waals surface area contributed by atoms with Crippen molar-refractivity contribution < 1.29 is 19.0 Å². The van der Waals surface area contributed by atoms with Gasteiger partial charge in [0.1, 0.15) is 6.10 Å². The summed E-state index contributed by atoms with van der Waals surface area (Å²) in [4.78, 5) is 11.6. The largest absolute Gasteiger partial charge is 0.462 e. The van der Waals surface area contributed by atoms with E-state index in [2.05, 4.69) is 19.1 Å². The van der Waals surface area contributed by atoms with Crippen LogP contribution in [0.4, 0.5) is 0 Å². The zero-order valence-electron chi connectivity index (χ0n) is 15.2. The number of hydrogen-bond acceptors (Lipinski definition) is 4. The molecule has 4 heteroatoms. The third-order valence-electron chi connectivity index (χ3n) is 4.92. The first-order valence-corrected chi connectivity index (χ1v) is 9.89. The minimum Gasteiger partial charge on any atom is -0.462 e. The molecule has 0 aromatic carbocycles. The van der Waals surface area contributed by atoms with Gasteiger partial charge in [-0.1, -0.05) is 64.0 Å². The molecule has 0 saturated carbocycles. The number of carbonyl (C=O) groups is 1. The number of cyclic esters (lactones) is 1. The van der Waals surface area contributed by atoms with Gasteiger partial charge in [0.2, 0.25) is 0 Å². The predicted octanol–water partition coefficient (Wildman–Crippen LogP) is 4.77. The van der Waals surface area contributed by atoms with Gasteiger partial charge < -0.3 is 14.2 Å². The molecule has 24 heavy (non-hydrogen) atoms. The van der Waals surface area contributed by atoms with Gasteiger partial charge in [-0.15, -0.1) is 0 Å². The van der Waals surface area contributed by atoms with Crippen molar-refractivity contribution in [1.82, 2.24) is 0 Å². The minimum absolute atomic E-state index is 0.0489. The van der Waals surface area contributed by atoms with Crippen LogP contribution in [0, 0.1) is 5.92 Å². The van der Waals surface area contributed by atoms with E-state index in [1.165, 1.54) is 51.4 Å². The molecule has 0 unspecified atom stereocenters. The van der Waals surface area contributed by atoms with Crippen LogP contribution in [0.3, 0.4) is 0 Å². The number of ether oxygens (including phenoxy) is 3. The summed E-state index contributed by atoms with van der Waals surface area (Å²) >= 11 is 0. The molecule has 0 aromatic rings. The normalized spacial score (nSPS) is 25.0. The van der Waals surface area contributed by atoms with Crippen molar-refractivity contribution in [3.8, 4) is 0 Å². The molecule has 0 aromatic heterocycles. The third kappa shape index (κ3) is 6.94. The molecule has 0 spiro atoms. The Bertz CT molecular complexity index is 374. The Balaban J connectivity index is 1.52. The first kappa shape index (κ1) is 19.5. The number of rotatable bonds is 12. The summed E-state index contributed by atoms with van der Waals surface area (Å²) in [5, 5.41) is 0. The summed E-state index contributed by atoms with van der Waals surface area (Å²) < 4.78 is 16.5. The standard InChI is InChI=1S/C20H34O4/c1-2-3-4-5-6-7-8-9-10-11-12-13-18-17(16-19(21)24-18)20-22-14-15-23-20/h11-12,17-18,20H,2-10,13-16H2,1H3/b12-11+/t17-,18+/m1/s1. The van der Waals surface area contributed by atoms with E-state index in [-0.39, 0.29) is 24.3 Å². The summed E-state index contributed by atoms with van der Waals surface area (Å²) in [6.07, 6.45) is 17.2. The molecule has 2 atom stereocenters. The van der Waals surface area contributed by atoms with Crippen LogP contribution in [-0.2, 0) is 19.0 Å². The smallest absolute Gasteiger partial charge is 0.306 e. The lowest BCUT2D eigenvalue weighted by molar-refractivity contribution is -0.142. The molecular weight excluding hydrogens is 304 g/mol. The van der Waals surface area contributed by atoms with Gasteiger partial charge in [0.05, 0.1) is 25.6 Å². The van der Waals surface area contributed by atoms with Crippen LogP contribution in [0.15, 0.2) is 12.2 Å². The lowest BCUT2D eigenvalue weighted by Gasteiger charge is -2.20. The van der Waals surface area contributed by atoms with Crippen molar-refractivity contribution in [3.63, 3.8) is 0 Å². The van der Waals surface area contributed by atoms with Gasteiger partial charge in [-0.3, -0.25) is 4.79 Å². The fraction of sp³-hybridized carbons (Fsp3) is 0.850. The van der Waals surface area contributed by atoms with Gasteiger partial charge in [-0.05, 0) is 12.8 Å². The number of allylic oxidation sites excluding steroid dienone is 1. The quantitative estimate of drug-likeness (QED) is 0.292. The van der Waals surface area contributed by atoms with E-state index in [1.807, 2.05) is 0 Å². The average molecular weight is 338 g/mol. The zero-order valence-corrected chi connectivity index (χ0v) is 15.2. The monoisotopic (exact) mass is 338 g/mol. The van der Waals surface area contributed by atoms with Crippen molar-refractivity contribution in [2.24, 2.45) is 5.92 Å². The van der Waals surface area contributed by atoms with Gasteiger partial charge in [0.25, 0.3) is 0 Å². The summed E-state index contributed by atoms with van der Waals surface area (Å²) in [7, 11) is 0. The van der Waals surface area contributed by atoms with Gasteiger partial charge >= 0.3 is 5.97 Å². The molecule has 0 radical (unpaired) electrons. The Morgan fingerprint density at radius 3 is 2.33 bits per heavy atom. The lowest BCUT2D eigenvalue weighted by Crippen LogP contribution is -2.28. The van der Waals surface area contributed by atoms with Gasteiger partial charge in [-0.25, -0.2) is 0 Å². The fourth-order valence-corrected chi connectivity index (χ4v) is 3.49. The average Bonchev–Trinajstić information content (AvgIpc) is 3.22. The van der Waals surface area contributed by atoms with Gasteiger partial charge in [0.15, 0.2) is 6.29 Å². The highest BCUT2D eigenvalue weighted by Gasteiger charge is 2.41. The molecule has 138 valence electrons. The molecule has 0 aliphatic carbocycles. The van der Waals surface area contributed by atoms with Crippen LogP contribution in [-0.4, -0.2) is 31.6 Å². The van der Waals surface area contributed by atoms with Crippen LogP contribution in [0.2, 0.25) is 0 Å². The Kier molecular flexibility index (Phi) is 9.44. The molecule has 0 bridgehead atoms. The number of esters is 1. The van der Waals surface area contributed by atoms with Crippen molar-refractivity contribution in [2.75, 3.05) is 13.2 Å². The number of hydrogen-bond donors (Lipinski definition) is 0. The highest BCUT2D eigenvalue weighted by molar-refractivity contribution is 5.72. The topological polar surface area (TPSA) is 44.8 Å². The summed E-state index contributed by atoms with van der Waals surface area (Å²) in [6.45, 7) is 3.50. The lowest BCUT2D eigenvalue weighted by atomic mass is 9.98. The van der Waals surface area contributed by atoms with Crippen molar-refractivity contribution in [1.29, 1.82) is 0 Å². The van der Waals surface area contributed by atoms with Crippen LogP contribution < -0.4 is 0 Å². The minimum atomic E-state index is -0.262. The fourth-order valence-electron chi connectivity index (χ4n) is 3.49. The highest BCUT2D eigenvalue weighted by Crippen LogP contribution is 2.31. The van der Waals surface area contributed by atoms with Gasteiger partial charge in [-0.2, -0.15) is 0 Å². The number of unbranched alkanes of at least 4 members (excludes halogenated alkanes) is 8. The van der Waals surface area contributed by atoms with Crippen molar-refractivity contribution >= 4 is 5.97 Å². The molecule has 2 aliphatic heterocycles. The highest BCUT2D eigenvalue weighted by atomic mass is 16.7. The molecule has 0 N–H and O–H groups in total. The maximum atomic E-state index is 11.6. The molecule has 2 fully saturated rings. The van der Waals surface area contributed by atoms with Crippen LogP contribution in [0.5, 0.6) is 0 Å². The van der Waals surface area contributed by atoms with E-state index in [9.17, 15) is 4.79 Å². The van der Waals surface area contributed by atoms with Crippen LogP contribution in [0.1, 0.15) is 77.6 Å². The third-order valence-corrected chi connectivity index (χ3v) is 4.92. The van der Waals surface area contributed by atoms with E-state index < -0.39 is 0 Å². The van der Waals surface area contributed by atoms with E-state index in [0.29, 0.717) is 19.6 Å². The first-order chi connectivity index (χ1) is 11.8. The first-order valence-electron chi connectivity index (χ1n) is 9.89. The van der Waals surface area contributed by atoms with E-state index in [0.717, 1.165) is 12.8 Å². The molecule has 2 heterocycles. The van der Waals surface area contributed by atoms with E-state index in [1.54, 1.807) is 0 Å². The molecule has 0 amide bonds. The Hall–Kier alpha value is -0.870. The summed E-state index contributed by atoms with van der Waals surface area (Å²) in [5.41, 5.74) is 0. The van der Waals surface area contributed by atoms with E-state index >= 15 is 0 Å². The van der Waals surface area contributed by atoms with Crippen molar-refractivity contribution in [3.05, 3.63) is 12.2 Å². The van der Waals surface area contributed by atoms with E-state index in [4.69, 9.17) is 14.2 Å². The molecule has 4 nitrogen and oxygen atoms in total. The van der Waals surface area contributed by atoms with Crippen molar-refractivity contribution in [2.45, 2.75) is 89.9 Å². The molecule has 2 aliphatic rings. The SMILES string of the molecule is CCCCCCCCCC/C=C/C[C@@H]1OC(=O)C[C@H]1C1OCCO1. The summed E-state index contributed by atoms with van der Waals surface area (Å²) in [6, 6.07) is 0. The van der Waals surface area contributed by atoms with Crippen LogP contribution >= 0.6 is 0 Å². The maximum absolute atomic E-state index is 11.6. The second kappa shape index (κ2) is 11.6. The molecule has 2 rings (SSSR count). The Morgan fingerprint density at radius 1 is 0.958 bits per heavy atom. The van der Waals surface area contributed by atoms with Crippen LogP contribution in [0.25, 0.3) is 0 Å². The predicted molar refractivity (Wildman–Crippen MR) is 94.7 cm³/mol. The van der Waals surface area contributed by atoms with Gasteiger partial charge in [0, 0.05) is 6.42 Å². The molecular formula is C20H34O4. The Morgan fingerprint density at radius 2 is 1.62 bits per heavy atom. The number of carbonyl (C=O) groups excluding carboxylic acids is 1. The zero-order chi connectivity index (χ0) is 17.0. The summed E-state index contributed by atoms with van der Waals surface area (Å²) in [5.74, 6) is -0.0756. The second-order valence-electron chi connectivity index (χ2n) is 6.98. The molecule has 2 saturated heterocycles. The second-order valence-corrected chi connectivity index (χ2v) is 6.98. The Labute approximate surface area is 146 Å². The maximum Gasteiger partial charge on any atom is 0.306 e.